The van der Waals surface area contributed by atoms with E-state index >= 15 is 0 Å². The Morgan fingerprint density at radius 3 is 2.84 bits per heavy atom. The molecule has 0 unspecified atom stereocenters. The first kappa shape index (κ1) is 16.3. The van der Waals surface area contributed by atoms with E-state index in [1.807, 2.05) is 25.5 Å². The molecule has 5 nitrogen and oxygen atoms in total. The Morgan fingerprint density at radius 2 is 2.32 bits per heavy atom. The highest BCUT2D eigenvalue weighted by Crippen LogP contribution is 2.24. The van der Waals surface area contributed by atoms with Gasteiger partial charge in [0.15, 0.2) is 5.13 Å². The summed E-state index contributed by atoms with van der Waals surface area (Å²) in [5.41, 5.74) is 12.5. The lowest BCUT2D eigenvalue weighted by Crippen LogP contribution is -2.52. The number of nitrogens with one attached hydrogen (secondary N) is 1. The van der Waals surface area contributed by atoms with Gasteiger partial charge in [-0.25, -0.2) is 4.98 Å². The molecule has 1 heterocycles. The number of aromatic nitrogens is 1. The summed E-state index contributed by atoms with van der Waals surface area (Å²) in [6.07, 6.45) is 3.61. The first-order valence-corrected chi connectivity index (χ1v) is 8.25. The minimum absolute atomic E-state index is 0.0999. The van der Waals surface area contributed by atoms with Gasteiger partial charge in [-0.3, -0.25) is 4.79 Å². The van der Waals surface area contributed by atoms with Crippen molar-refractivity contribution >= 4 is 34.1 Å². The van der Waals surface area contributed by atoms with Crippen LogP contribution in [0.4, 0.5) is 5.13 Å². The highest BCUT2D eigenvalue weighted by Gasteiger charge is 2.30. The van der Waals surface area contributed by atoms with Crippen molar-refractivity contribution in [3.8, 4) is 0 Å². The Kier molecular flexibility index (Phi) is 6.09. The summed E-state index contributed by atoms with van der Waals surface area (Å²) in [5.74, 6) is -0.0999. The normalized spacial score (nSPS) is 13.3. The number of rotatable bonds is 7. The monoisotopic (exact) mass is 302 g/mol. The number of nitrogen functional groups attached to an aromatic ring is 1. The molecule has 1 aromatic heterocycles. The SMILES string of the molecule is CSC(C)(C)[C@H](N)C(=O)NCCCc1csc(N)n1. The number of carbonyl (C=O) groups excluding carboxylic acids is 1. The fourth-order valence-corrected chi connectivity index (χ4v) is 2.43. The average Bonchev–Trinajstić information content (AvgIpc) is 2.79. The number of anilines is 1. The van der Waals surface area contributed by atoms with Crippen molar-refractivity contribution < 1.29 is 4.79 Å². The molecule has 0 radical (unpaired) electrons. The predicted octanol–water partition coefficient (Wildman–Crippen LogP) is 1.24. The molecule has 0 saturated heterocycles. The first-order chi connectivity index (χ1) is 8.86. The van der Waals surface area contributed by atoms with Crippen molar-refractivity contribution in [2.24, 2.45) is 5.73 Å². The number of nitrogens with zero attached hydrogens (tertiary/aromatic N) is 1. The lowest BCUT2D eigenvalue weighted by molar-refractivity contribution is -0.122. The molecule has 0 bridgehead atoms. The molecule has 5 N–H and O–H groups in total. The van der Waals surface area contributed by atoms with E-state index in [4.69, 9.17) is 11.5 Å². The average molecular weight is 302 g/mol. The van der Waals surface area contributed by atoms with Crippen LogP contribution in [-0.2, 0) is 11.2 Å². The largest absolute Gasteiger partial charge is 0.375 e. The van der Waals surface area contributed by atoms with Gasteiger partial charge in [-0.2, -0.15) is 11.8 Å². The molecule has 7 heteroatoms. The van der Waals surface area contributed by atoms with Crippen LogP contribution in [0.2, 0.25) is 0 Å². The van der Waals surface area contributed by atoms with Crippen molar-refractivity contribution in [2.75, 3.05) is 18.5 Å². The fourth-order valence-electron chi connectivity index (χ4n) is 1.47. The van der Waals surface area contributed by atoms with Crippen LogP contribution in [0.25, 0.3) is 0 Å². The van der Waals surface area contributed by atoms with Gasteiger partial charge in [-0.15, -0.1) is 11.3 Å². The molecule has 1 rings (SSSR count). The molecular formula is C12H22N4OS2. The zero-order valence-corrected chi connectivity index (χ0v) is 13.2. The summed E-state index contributed by atoms with van der Waals surface area (Å²) in [6.45, 7) is 4.55. The van der Waals surface area contributed by atoms with Crippen molar-refractivity contribution in [1.29, 1.82) is 0 Å². The molecule has 0 aliphatic heterocycles. The van der Waals surface area contributed by atoms with Gasteiger partial charge in [0.1, 0.15) is 0 Å². The van der Waals surface area contributed by atoms with E-state index in [0.29, 0.717) is 11.7 Å². The minimum atomic E-state index is -0.502. The van der Waals surface area contributed by atoms with Gasteiger partial charge in [0.2, 0.25) is 5.91 Å². The molecule has 1 atom stereocenters. The Labute approximate surface area is 122 Å². The zero-order valence-electron chi connectivity index (χ0n) is 11.6. The molecule has 0 aliphatic carbocycles. The van der Waals surface area contributed by atoms with Gasteiger partial charge in [0.05, 0.1) is 11.7 Å². The van der Waals surface area contributed by atoms with E-state index in [2.05, 4.69) is 10.3 Å². The standard InChI is InChI=1S/C12H22N4OS2/c1-12(2,18-3)9(13)10(17)15-6-4-5-8-7-19-11(14)16-8/h7,9H,4-6,13H2,1-3H3,(H2,14,16)(H,15,17)/t9-/m1/s1. The highest BCUT2D eigenvalue weighted by molar-refractivity contribution is 8.00. The quantitative estimate of drug-likeness (QED) is 0.659. The maximum atomic E-state index is 11.9. The molecule has 1 aromatic rings. The van der Waals surface area contributed by atoms with Gasteiger partial charge in [-0.1, -0.05) is 0 Å². The van der Waals surface area contributed by atoms with E-state index in [0.717, 1.165) is 18.5 Å². The van der Waals surface area contributed by atoms with Crippen LogP contribution >= 0.6 is 23.1 Å². The van der Waals surface area contributed by atoms with Gasteiger partial charge >= 0.3 is 0 Å². The molecular weight excluding hydrogens is 280 g/mol. The lowest BCUT2D eigenvalue weighted by atomic mass is 10.0. The van der Waals surface area contributed by atoms with Gasteiger partial charge < -0.3 is 16.8 Å². The molecule has 19 heavy (non-hydrogen) atoms. The number of hydrogen-bond donors (Lipinski definition) is 3. The Morgan fingerprint density at radius 1 is 1.63 bits per heavy atom. The third kappa shape index (κ3) is 5.00. The van der Waals surface area contributed by atoms with Crippen LogP contribution in [0.15, 0.2) is 5.38 Å². The van der Waals surface area contributed by atoms with Gasteiger partial charge in [0.25, 0.3) is 0 Å². The summed E-state index contributed by atoms with van der Waals surface area (Å²) < 4.78 is -0.257. The van der Waals surface area contributed by atoms with Crippen molar-refractivity contribution in [3.63, 3.8) is 0 Å². The summed E-state index contributed by atoms with van der Waals surface area (Å²) in [6, 6.07) is -0.502. The topological polar surface area (TPSA) is 94.0 Å². The fraction of sp³-hybridized carbons (Fsp3) is 0.667. The molecule has 108 valence electrons. The van der Waals surface area contributed by atoms with E-state index in [-0.39, 0.29) is 10.7 Å². The smallest absolute Gasteiger partial charge is 0.238 e. The van der Waals surface area contributed by atoms with Crippen LogP contribution in [0.3, 0.4) is 0 Å². The van der Waals surface area contributed by atoms with Crippen LogP contribution in [0, 0.1) is 0 Å². The number of nitrogens with two attached hydrogens (primary N) is 2. The van der Waals surface area contributed by atoms with Crippen molar-refractivity contribution in [1.82, 2.24) is 10.3 Å². The molecule has 0 aromatic carbocycles. The summed E-state index contributed by atoms with van der Waals surface area (Å²) in [4.78, 5) is 16.1. The van der Waals surface area contributed by atoms with Crippen molar-refractivity contribution in [3.05, 3.63) is 11.1 Å². The Hall–Kier alpha value is -0.790. The van der Waals surface area contributed by atoms with Crippen LogP contribution < -0.4 is 16.8 Å². The maximum absolute atomic E-state index is 11.9. The molecule has 0 spiro atoms. The number of hydrogen-bond acceptors (Lipinski definition) is 6. The molecule has 1 amide bonds. The second kappa shape index (κ2) is 7.12. The van der Waals surface area contributed by atoms with Crippen molar-refractivity contribution in [2.45, 2.75) is 37.5 Å². The van der Waals surface area contributed by atoms with Gasteiger partial charge in [0, 0.05) is 16.7 Å². The van der Waals surface area contributed by atoms with E-state index < -0.39 is 6.04 Å². The first-order valence-electron chi connectivity index (χ1n) is 6.15. The van der Waals surface area contributed by atoms with E-state index in [9.17, 15) is 4.79 Å². The summed E-state index contributed by atoms with van der Waals surface area (Å²) in [5, 5.41) is 5.40. The summed E-state index contributed by atoms with van der Waals surface area (Å²) in [7, 11) is 0. The molecule has 0 fully saturated rings. The Bertz CT molecular complexity index is 420. The number of amides is 1. The van der Waals surface area contributed by atoms with Crippen LogP contribution in [-0.4, -0.2) is 34.5 Å². The second-order valence-corrected chi connectivity index (χ2v) is 7.21. The van der Waals surface area contributed by atoms with Crippen LogP contribution in [0.1, 0.15) is 26.0 Å². The lowest BCUT2D eigenvalue weighted by Gasteiger charge is -2.28. The number of carbonyl (C=O) groups is 1. The Balaban J connectivity index is 2.27. The van der Waals surface area contributed by atoms with Gasteiger partial charge in [-0.05, 0) is 32.9 Å². The highest BCUT2D eigenvalue weighted by atomic mass is 32.2. The predicted molar refractivity (Wildman–Crippen MR) is 83.4 cm³/mol. The number of thiazole rings is 1. The molecule has 0 aliphatic rings. The zero-order chi connectivity index (χ0) is 14.5. The van der Waals surface area contributed by atoms with E-state index in [1.54, 1.807) is 11.8 Å². The number of thioether (sulfide) groups is 1. The maximum Gasteiger partial charge on any atom is 0.238 e. The van der Waals surface area contributed by atoms with E-state index in [1.165, 1.54) is 11.3 Å². The molecule has 0 saturated carbocycles. The minimum Gasteiger partial charge on any atom is -0.375 e. The second-order valence-electron chi connectivity index (χ2n) is 4.86. The third-order valence-electron chi connectivity index (χ3n) is 3.04. The summed E-state index contributed by atoms with van der Waals surface area (Å²) >= 11 is 3.03. The van der Waals surface area contributed by atoms with Crippen LogP contribution in [0.5, 0.6) is 0 Å². The number of aryl methyl sites for hydroxylation is 1. The third-order valence-corrected chi connectivity index (χ3v) is 5.06.